The SMILES string of the molecule is CO[C@@H]1O[C@H](CO[C@H]2O[C@H](CO)[C@@H](O)[C@H](O)[C@H]2O)[C@@H](O)[C@@H]1O. The van der Waals surface area contributed by atoms with Gasteiger partial charge in [-0.05, 0) is 0 Å². The van der Waals surface area contributed by atoms with Crippen LogP contribution >= 0.6 is 0 Å². The van der Waals surface area contributed by atoms with Gasteiger partial charge in [-0.15, -0.1) is 0 Å². The van der Waals surface area contributed by atoms with Crippen LogP contribution < -0.4 is 0 Å². The highest BCUT2D eigenvalue weighted by atomic mass is 16.7. The molecule has 0 aromatic rings. The van der Waals surface area contributed by atoms with Gasteiger partial charge in [0.2, 0.25) is 0 Å². The smallest absolute Gasteiger partial charge is 0.186 e. The van der Waals surface area contributed by atoms with Gasteiger partial charge in [-0.2, -0.15) is 0 Å². The second kappa shape index (κ2) is 7.45. The lowest BCUT2D eigenvalue weighted by molar-refractivity contribution is -0.307. The van der Waals surface area contributed by atoms with E-state index in [0.717, 1.165) is 0 Å². The van der Waals surface area contributed by atoms with Gasteiger partial charge in [0.05, 0.1) is 13.2 Å². The van der Waals surface area contributed by atoms with Crippen LogP contribution in [0.4, 0.5) is 0 Å². The summed E-state index contributed by atoms with van der Waals surface area (Å²) in [6.45, 7) is -0.835. The monoisotopic (exact) mass is 326 g/mol. The molecule has 0 saturated carbocycles. The second-order valence-corrected chi connectivity index (χ2v) is 5.29. The highest BCUT2D eigenvalue weighted by Crippen LogP contribution is 2.25. The van der Waals surface area contributed by atoms with Crippen molar-refractivity contribution in [3.8, 4) is 0 Å². The molecule has 6 N–H and O–H groups in total. The highest BCUT2D eigenvalue weighted by Gasteiger charge is 2.46. The number of methoxy groups -OCH3 is 1. The van der Waals surface area contributed by atoms with Gasteiger partial charge in [-0.3, -0.25) is 0 Å². The molecule has 0 aliphatic carbocycles. The number of hydrogen-bond donors (Lipinski definition) is 6. The third-order valence-corrected chi connectivity index (χ3v) is 3.82. The molecule has 2 aliphatic rings. The fourth-order valence-electron chi connectivity index (χ4n) is 2.44. The van der Waals surface area contributed by atoms with E-state index in [9.17, 15) is 25.5 Å². The van der Waals surface area contributed by atoms with Gasteiger partial charge < -0.3 is 49.6 Å². The Labute approximate surface area is 126 Å². The maximum Gasteiger partial charge on any atom is 0.186 e. The first-order valence-electron chi connectivity index (χ1n) is 6.87. The van der Waals surface area contributed by atoms with Crippen LogP contribution in [-0.2, 0) is 18.9 Å². The molecule has 0 aromatic carbocycles. The summed E-state index contributed by atoms with van der Waals surface area (Å²) in [5.41, 5.74) is 0. The molecule has 2 rings (SSSR count). The first-order chi connectivity index (χ1) is 10.4. The van der Waals surface area contributed by atoms with Gasteiger partial charge in [0, 0.05) is 7.11 Å². The maximum atomic E-state index is 9.79. The first-order valence-corrected chi connectivity index (χ1v) is 6.87. The van der Waals surface area contributed by atoms with Crippen molar-refractivity contribution in [3.63, 3.8) is 0 Å². The number of aliphatic hydroxyl groups is 6. The molecular formula is C12H22O10. The summed E-state index contributed by atoms with van der Waals surface area (Å²) in [5.74, 6) is 0. The molecule has 0 unspecified atom stereocenters. The molecule has 0 aromatic heterocycles. The highest BCUT2D eigenvalue weighted by molar-refractivity contribution is 4.90. The van der Waals surface area contributed by atoms with Gasteiger partial charge in [-0.25, -0.2) is 0 Å². The second-order valence-electron chi connectivity index (χ2n) is 5.29. The summed E-state index contributed by atoms with van der Waals surface area (Å²) in [7, 11) is 1.31. The van der Waals surface area contributed by atoms with Gasteiger partial charge >= 0.3 is 0 Å². The lowest BCUT2D eigenvalue weighted by atomic mass is 9.99. The van der Waals surface area contributed by atoms with Crippen LogP contribution in [0.2, 0.25) is 0 Å². The average molecular weight is 326 g/mol. The Morgan fingerprint density at radius 3 is 1.86 bits per heavy atom. The molecule has 130 valence electrons. The van der Waals surface area contributed by atoms with Crippen molar-refractivity contribution in [1.82, 2.24) is 0 Å². The summed E-state index contributed by atoms with van der Waals surface area (Å²) < 4.78 is 20.4. The van der Waals surface area contributed by atoms with E-state index >= 15 is 0 Å². The van der Waals surface area contributed by atoms with Crippen molar-refractivity contribution in [2.75, 3.05) is 20.3 Å². The zero-order chi connectivity index (χ0) is 16.4. The first kappa shape index (κ1) is 17.9. The molecule has 0 radical (unpaired) electrons. The predicted octanol–water partition coefficient (Wildman–Crippen LogP) is -4.10. The van der Waals surface area contributed by atoms with E-state index in [1.54, 1.807) is 0 Å². The van der Waals surface area contributed by atoms with Crippen LogP contribution in [0.3, 0.4) is 0 Å². The Balaban J connectivity index is 1.91. The largest absolute Gasteiger partial charge is 0.394 e. The minimum absolute atomic E-state index is 0.263. The van der Waals surface area contributed by atoms with E-state index in [1.807, 2.05) is 0 Å². The Hall–Kier alpha value is -0.400. The van der Waals surface area contributed by atoms with Crippen molar-refractivity contribution >= 4 is 0 Å². The Morgan fingerprint density at radius 1 is 0.773 bits per heavy atom. The van der Waals surface area contributed by atoms with E-state index in [1.165, 1.54) is 7.11 Å². The number of hydrogen-bond acceptors (Lipinski definition) is 10. The van der Waals surface area contributed by atoms with E-state index in [2.05, 4.69) is 0 Å². The fraction of sp³-hybridized carbons (Fsp3) is 1.00. The molecule has 2 saturated heterocycles. The molecule has 2 aliphatic heterocycles. The minimum atomic E-state index is -1.55. The summed E-state index contributed by atoms with van der Waals surface area (Å²) in [6, 6.07) is 0. The topological polar surface area (TPSA) is 158 Å². The number of rotatable bonds is 5. The van der Waals surface area contributed by atoms with Gasteiger partial charge in [0.25, 0.3) is 0 Å². The summed E-state index contributed by atoms with van der Waals surface area (Å²) in [4.78, 5) is 0. The molecule has 22 heavy (non-hydrogen) atoms. The molecule has 2 heterocycles. The number of ether oxygens (including phenoxy) is 4. The van der Waals surface area contributed by atoms with Crippen LogP contribution in [0.15, 0.2) is 0 Å². The van der Waals surface area contributed by atoms with Crippen molar-refractivity contribution in [2.24, 2.45) is 0 Å². The molecule has 2 fully saturated rings. The Kier molecular flexibility index (Phi) is 6.07. The van der Waals surface area contributed by atoms with E-state index < -0.39 is 61.9 Å². The Morgan fingerprint density at radius 2 is 1.32 bits per heavy atom. The van der Waals surface area contributed by atoms with E-state index in [4.69, 9.17) is 24.1 Å². The molecule has 9 atom stereocenters. The van der Waals surface area contributed by atoms with Crippen molar-refractivity contribution in [2.45, 2.75) is 55.3 Å². The summed E-state index contributed by atoms with van der Waals surface area (Å²) >= 11 is 0. The molecule has 0 spiro atoms. The third kappa shape index (κ3) is 3.41. The lowest BCUT2D eigenvalue weighted by Crippen LogP contribution is -2.59. The minimum Gasteiger partial charge on any atom is -0.394 e. The average Bonchev–Trinajstić information content (AvgIpc) is 2.79. The van der Waals surface area contributed by atoms with Crippen molar-refractivity contribution in [3.05, 3.63) is 0 Å². The zero-order valence-corrected chi connectivity index (χ0v) is 11.9. The molecular weight excluding hydrogens is 304 g/mol. The third-order valence-electron chi connectivity index (χ3n) is 3.82. The normalized spacial score (nSPS) is 49.5. The lowest BCUT2D eigenvalue weighted by Gasteiger charge is -2.39. The van der Waals surface area contributed by atoms with Crippen LogP contribution in [0.5, 0.6) is 0 Å². The number of aliphatic hydroxyl groups excluding tert-OH is 6. The summed E-state index contributed by atoms with van der Waals surface area (Å²) in [5, 5.41) is 57.5. The quantitative estimate of drug-likeness (QED) is 0.293. The summed E-state index contributed by atoms with van der Waals surface area (Å²) in [6.07, 6.45) is -11.4. The van der Waals surface area contributed by atoms with Gasteiger partial charge in [-0.1, -0.05) is 0 Å². The standard InChI is InChI=1S/C12H22O10/c1-19-11-9(17)7(15)5(22-11)3-20-12-10(18)8(16)6(14)4(2-13)21-12/h4-18H,2-3H2,1H3/t4-,5-,6-,7-,8+,9+,10-,11-,12+/m1/s1. The zero-order valence-electron chi connectivity index (χ0n) is 11.9. The van der Waals surface area contributed by atoms with Crippen LogP contribution in [0.1, 0.15) is 0 Å². The molecule has 10 heteroatoms. The van der Waals surface area contributed by atoms with Crippen molar-refractivity contribution in [1.29, 1.82) is 0 Å². The van der Waals surface area contributed by atoms with Crippen LogP contribution in [0.25, 0.3) is 0 Å². The van der Waals surface area contributed by atoms with E-state index in [0.29, 0.717) is 0 Å². The fourth-order valence-corrected chi connectivity index (χ4v) is 2.44. The molecule has 10 nitrogen and oxygen atoms in total. The van der Waals surface area contributed by atoms with Crippen molar-refractivity contribution < 1.29 is 49.6 Å². The van der Waals surface area contributed by atoms with E-state index in [-0.39, 0.29) is 6.61 Å². The Bertz CT molecular complexity index is 353. The predicted molar refractivity (Wildman–Crippen MR) is 67.4 cm³/mol. The molecule has 0 amide bonds. The van der Waals surface area contributed by atoms with Gasteiger partial charge in [0.1, 0.15) is 42.7 Å². The van der Waals surface area contributed by atoms with Gasteiger partial charge in [0.15, 0.2) is 12.6 Å². The molecule has 0 bridgehead atoms. The van der Waals surface area contributed by atoms with Crippen LogP contribution in [-0.4, -0.2) is 106 Å². The maximum absolute atomic E-state index is 9.79. The van der Waals surface area contributed by atoms with Crippen LogP contribution in [0, 0.1) is 0 Å².